The van der Waals surface area contributed by atoms with E-state index in [-0.39, 0.29) is 29.4 Å². The Balaban J connectivity index is 1.41. The second-order valence-corrected chi connectivity index (χ2v) is 11.3. The molecule has 0 radical (unpaired) electrons. The second-order valence-electron chi connectivity index (χ2n) is 8.11. The lowest BCUT2D eigenvalue weighted by atomic mass is 10.0. The summed E-state index contributed by atoms with van der Waals surface area (Å²) in [7, 11) is -2.93. The van der Waals surface area contributed by atoms with Crippen LogP contribution in [0.4, 0.5) is 0 Å². The summed E-state index contributed by atoms with van der Waals surface area (Å²) in [5, 5.41) is 4.77. The normalized spacial score (nSPS) is 22.2. The average Bonchev–Trinajstić information content (AvgIpc) is 3.43. The Hall–Kier alpha value is -2.23. The molecule has 1 aromatic carbocycles. The molecule has 3 heterocycles. The van der Waals surface area contributed by atoms with Crippen molar-refractivity contribution in [2.24, 2.45) is 0 Å². The van der Waals surface area contributed by atoms with Gasteiger partial charge in [0, 0.05) is 38.6 Å². The zero-order valence-electron chi connectivity index (χ0n) is 17.3. The highest BCUT2D eigenvalue weighted by Crippen LogP contribution is 2.20. The number of nitrogens with zero attached hydrogens (tertiary/aromatic N) is 2. The number of hydrogen-bond acceptors (Lipinski definition) is 6. The molecule has 1 N–H and O–H groups in total. The van der Waals surface area contributed by atoms with Gasteiger partial charge in [0.05, 0.1) is 16.4 Å². The molecule has 4 rings (SSSR count). The van der Waals surface area contributed by atoms with Crippen molar-refractivity contribution in [3.8, 4) is 0 Å². The van der Waals surface area contributed by atoms with Crippen molar-refractivity contribution in [1.29, 1.82) is 0 Å². The third kappa shape index (κ3) is 5.53. The highest BCUT2D eigenvalue weighted by atomic mass is 32.2. The van der Waals surface area contributed by atoms with Gasteiger partial charge in [0.2, 0.25) is 5.91 Å². The second kappa shape index (κ2) is 9.50. The van der Waals surface area contributed by atoms with Crippen molar-refractivity contribution >= 4 is 33.0 Å². The van der Waals surface area contributed by atoms with Crippen molar-refractivity contribution in [3.05, 3.63) is 58.3 Å². The number of piperazine rings is 1. The fourth-order valence-electron chi connectivity index (χ4n) is 4.28. The molecule has 9 heteroatoms. The summed E-state index contributed by atoms with van der Waals surface area (Å²) >= 11 is 1.35. The van der Waals surface area contributed by atoms with E-state index in [4.69, 9.17) is 0 Å². The quantitative estimate of drug-likeness (QED) is 0.703. The molecule has 2 aliphatic rings. The molecular weight excluding hydrogens is 434 g/mol. The summed E-state index contributed by atoms with van der Waals surface area (Å²) in [4.78, 5) is 30.5. The van der Waals surface area contributed by atoms with Gasteiger partial charge in [-0.1, -0.05) is 36.4 Å². The molecule has 0 saturated carbocycles. The van der Waals surface area contributed by atoms with Crippen LogP contribution in [0, 0.1) is 0 Å². The minimum atomic E-state index is -2.93. The van der Waals surface area contributed by atoms with Crippen LogP contribution in [0.25, 0.3) is 0 Å². The maximum Gasteiger partial charge on any atom is 0.262 e. The van der Waals surface area contributed by atoms with Gasteiger partial charge in [-0.05, 0) is 23.4 Å². The first-order valence-electron chi connectivity index (χ1n) is 10.5. The van der Waals surface area contributed by atoms with E-state index in [1.807, 2.05) is 41.8 Å². The minimum Gasteiger partial charge on any atom is -0.339 e. The average molecular weight is 462 g/mol. The van der Waals surface area contributed by atoms with E-state index in [2.05, 4.69) is 10.2 Å². The van der Waals surface area contributed by atoms with E-state index in [1.54, 1.807) is 11.0 Å². The molecule has 31 heavy (non-hydrogen) atoms. The van der Waals surface area contributed by atoms with E-state index in [0.717, 1.165) is 5.56 Å². The number of thiophene rings is 1. The van der Waals surface area contributed by atoms with Crippen LogP contribution in [0.2, 0.25) is 0 Å². The summed E-state index contributed by atoms with van der Waals surface area (Å²) in [6.45, 7) is 2.39. The molecule has 0 unspecified atom stereocenters. The molecule has 1 aromatic heterocycles. The lowest BCUT2D eigenvalue weighted by Crippen LogP contribution is -2.57. The van der Waals surface area contributed by atoms with Gasteiger partial charge >= 0.3 is 0 Å². The Morgan fingerprint density at radius 2 is 1.81 bits per heavy atom. The summed E-state index contributed by atoms with van der Waals surface area (Å²) < 4.78 is 23.6. The van der Waals surface area contributed by atoms with Gasteiger partial charge in [0.25, 0.3) is 5.91 Å². The minimum absolute atomic E-state index is 0.0564. The third-order valence-corrected chi connectivity index (χ3v) is 8.60. The number of carbonyl (C=O) groups excluding carboxylic acids is 2. The fraction of sp³-hybridized carbons (Fsp3) is 0.455. The summed E-state index contributed by atoms with van der Waals surface area (Å²) in [5.41, 5.74) is 0.988. The number of benzene rings is 1. The molecule has 2 saturated heterocycles. The van der Waals surface area contributed by atoms with E-state index < -0.39 is 15.9 Å². The van der Waals surface area contributed by atoms with E-state index >= 15 is 0 Å². The Morgan fingerprint density at radius 3 is 2.42 bits per heavy atom. The van der Waals surface area contributed by atoms with Crippen molar-refractivity contribution in [2.75, 3.05) is 37.7 Å². The van der Waals surface area contributed by atoms with E-state index in [0.29, 0.717) is 43.9 Å². The molecule has 166 valence electrons. The van der Waals surface area contributed by atoms with Gasteiger partial charge in [-0.3, -0.25) is 14.5 Å². The maximum absolute atomic E-state index is 13.3. The molecule has 0 spiro atoms. The van der Waals surface area contributed by atoms with Crippen LogP contribution in [0.3, 0.4) is 0 Å². The lowest BCUT2D eigenvalue weighted by molar-refractivity contribution is -0.135. The van der Waals surface area contributed by atoms with Gasteiger partial charge in [0.1, 0.15) is 6.04 Å². The number of rotatable bonds is 6. The third-order valence-electron chi connectivity index (χ3n) is 5.98. The molecular formula is C22H27N3O4S2. The Labute approximate surface area is 187 Å². The van der Waals surface area contributed by atoms with Crippen molar-refractivity contribution < 1.29 is 18.0 Å². The fourth-order valence-corrected chi connectivity index (χ4v) is 6.67. The largest absolute Gasteiger partial charge is 0.339 e. The van der Waals surface area contributed by atoms with Crippen LogP contribution >= 0.6 is 11.3 Å². The van der Waals surface area contributed by atoms with E-state index in [1.165, 1.54) is 11.3 Å². The Bertz CT molecular complexity index is 1000. The maximum atomic E-state index is 13.3. The van der Waals surface area contributed by atoms with Crippen LogP contribution < -0.4 is 5.32 Å². The Morgan fingerprint density at radius 1 is 1.06 bits per heavy atom. The zero-order valence-corrected chi connectivity index (χ0v) is 18.9. The molecule has 2 aromatic rings. The monoisotopic (exact) mass is 461 g/mol. The van der Waals surface area contributed by atoms with Gasteiger partial charge in [-0.25, -0.2) is 8.42 Å². The topological polar surface area (TPSA) is 86.8 Å². The lowest BCUT2D eigenvalue weighted by Gasteiger charge is -2.39. The highest BCUT2D eigenvalue weighted by molar-refractivity contribution is 7.91. The van der Waals surface area contributed by atoms with Crippen molar-refractivity contribution in [2.45, 2.75) is 24.9 Å². The molecule has 2 fully saturated rings. The number of sulfone groups is 1. The molecule has 7 nitrogen and oxygen atoms in total. The van der Waals surface area contributed by atoms with Crippen molar-refractivity contribution in [1.82, 2.24) is 15.1 Å². The molecule has 2 aliphatic heterocycles. The van der Waals surface area contributed by atoms with Crippen LogP contribution in [-0.2, 0) is 21.1 Å². The predicted molar refractivity (Wildman–Crippen MR) is 121 cm³/mol. The van der Waals surface area contributed by atoms with Gasteiger partial charge in [-0.2, -0.15) is 0 Å². The first-order chi connectivity index (χ1) is 14.9. The van der Waals surface area contributed by atoms with Crippen LogP contribution in [0.1, 0.15) is 21.7 Å². The smallest absolute Gasteiger partial charge is 0.262 e. The van der Waals surface area contributed by atoms with Crippen LogP contribution in [0.5, 0.6) is 0 Å². The highest BCUT2D eigenvalue weighted by Gasteiger charge is 2.35. The number of carbonyl (C=O) groups is 2. The molecule has 2 atom stereocenters. The van der Waals surface area contributed by atoms with Gasteiger partial charge in [0.15, 0.2) is 9.84 Å². The van der Waals surface area contributed by atoms with Crippen LogP contribution in [0.15, 0.2) is 47.8 Å². The van der Waals surface area contributed by atoms with Crippen LogP contribution in [-0.4, -0.2) is 79.8 Å². The van der Waals surface area contributed by atoms with E-state index in [9.17, 15) is 18.0 Å². The number of hydrogen-bond donors (Lipinski definition) is 1. The molecule has 2 amide bonds. The van der Waals surface area contributed by atoms with Gasteiger partial charge < -0.3 is 10.2 Å². The standard InChI is InChI=1S/C22H27N3O4S2/c26-21(20-7-4-13-30-20)23-19(15-17-5-2-1-3-6-17)22(27)25-11-9-24(10-12-25)18-8-14-31(28,29)16-18/h1-7,13,18-19H,8-12,14-16H2,(H,23,26)/t18-,19+/m0/s1. The zero-order chi connectivity index (χ0) is 21.8. The SMILES string of the molecule is O=C(N[C@H](Cc1ccccc1)C(=O)N1CCN([C@H]2CCS(=O)(=O)C2)CC1)c1cccs1. The predicted octanol–water partition coefficient (Wildman–Crippen LogP) is 1.42. The first-order valence-corrected chi connectivity index (χ1v) is 13.2. The first kappa shape index (κ1) is 22.0. The number of nitrogens with one attached hydrogen (secondary N) is 1. The van der Waals surface area contributed by atoms with Crippen molar-refractivity contribution in [3.63, 3.8) is 0 Å². The molecule has 0 aliphatic carbocycles. The summed E-state index contributed by atoms with van der Waals surface area (Å²) in [5.74, 6) is 0.144. The summed E-state index contributed by atoms with van der Waals surface area (Å²) in [6.07, 6.45) is 1.10. The summed E-state index contributed by atoms with van der Waals surface area (Å²) in [6, 6.07) is 12.7. The Kier molecular flexibility index (Phi) is 6.74. The molecule has 0 bridgehead atoms. The van der Waals surface area contributed by atoms with Gasteiger partial charge in [-0.15, -0.1) is 11.3 Å². The number of amides is 2.